The number of allylic oxidation sites excluding steroid dienone is 1. The van der Waals surface area contributed by atoms with E-state index in [1.165, 1.54) is 12.0 Å². The summed E-state index contributed by atoms with van der Waals surface area (Å²) >= 11 is 1.71. The molecule has 160 valence electrons. The van der Waals surface area contributed by atoms with Gasteiger partial charge in [-0.15, -0.1) is 11.3 Å². The highest BCUT2D eigenvalue weighted by Gasteiger charge is 2.44. The van der Waals surface area contributed by atoms with Crippen molar-refractivity contribution >= 4 is 40.4 Å². The number of carbonyl (C=O) groups excluding carboxylic acids is 2. The highest BCUT2D eigenvalue weighted by atomic mass is 32.1. The number of ketones is 1. The maximum atomic E-state index is 12.9. The summed E-state index contributed by atoms with van der Waals surface area (Å²) in [5.74, 6) is 0.706. The first-order valence-electron chi connectivity index (χ1n) is 10.8. The van der Waals surface area contributed by atoms with Crippen LogP contribution in [0.3, 0.4) is 0 Å². The molecule has 1 atom stereocenters. The minimum atomic E-state index is -0.365. The van der Waals surface area contributed by atoms with E-state index in [2.05, 4.69) is 34.2 Å². The van der Waals surface area contributed by atoms with Crippen LogP contribution in [0.2, 0.25) is 0 Å². The lowest BCUT2D eigenvalue weighted by Crippen LogP contribution is -2.49. The summed E-state index contributed by atoms with van der Waals surface area (Å²) in [5.41, 5.74) is 4.24. The molecule has 0 saturated heterocycles. The number of thiophene rings is 1. The molecular formula is C24H25N3O3S. The van der Waals surface area contributed by atoms with Crippen LogP contribution < -0.4 is 9.80 Å². The second-order valence-electron chi connectivity index (χ2n) is 8.08. The van der Waals surface area contributed by atoms with E-state index in [9.17, 15) is 9.59 Å². The van der Waals surface area contributed by atoms with E-state index in [-0.39, 0.29) is 17.8 Å². The third-order valence-electron chi connectivity index (χ3n) is 6.17. The summed E-state index contributed by atoms with van der Waals surface area (Å²) in [6.07, 6.45) is 4.10. The molecular weight excluding hydrogens is 410 g/mol. The number of anilines is 2. The van der Waals surface area contributed by atoms with Gasteiger partial charge in [0.2, 0.25) is 5.96 Å². The maximum Gasteiger partial charge on any atom is 0.337 e. The molecule has 2 aromatic rings. The van der Waals surface area contributed by atoms with Gasteiger partial charge in [-0.25, -0.2) is 9.79 Å². The van der Waals surface area contributed by atoms with Crippen LogP contribution in [0.4, 0.5) is 11.4 Å². The summed E-state index contributed by atoms with van der Waals surface area (Å²) < 4.78 is 4.96. The largest absolute Gasteiger partial charge is 0.465 e. The molecule has 0 amide bonds. The summed E-state index contributed by atoms with van der Waals surface area (Å²) in [6, 6.07) is 9.78. The van der Waals surface area contributed by atoms with Crippen LogP contribution in [0.25, 0.3) is 0 Å². The second kappa shape index (κ2) is 7.96. The van der Waals surface area contributed by atoms with Crippen LogP contribution in [-0.4, -0.2) is 30.9 Å². The van der Waals surface area contributed by atoms with E-state index < -0.39 is 0 Å². The number of nitrogens with zero attached hydrogens (tertiary/aromatic N) is 3. The number of hydrogen-bond donors (Lipinski definition) is 0. The van der Waals surface area contributed by atoms with Crippen LogP contribution in [0, 0.1) is 0 Å². The molecule has 0 N–H and O–H groups in total. The molecule has 0 saturated carbocycles. The summed E-state index contributed by atoms with van der Waals surface area (Å²) in [6.45, 7) is 2.84. The molecule has 0 radical (unpaired) electrons. The van der Waals surface area contributed by atoms with Gasteiger partial charge in [0.25, 0.3) is 0 Å². The fraction of sp³-hybridized carbons (Fsp3) is 0.375. The van der Waals surface area contributed by atoms with Gasteiger partial charge in [0, 0.05) is 16.9 Å². The van der Waals surface area contributed by atoms with Crippen molar-refractivity contribution in [3.63, 3.8) is 0 Å². The lowest BCUT2D eigenvalue weighted by Gasteiger charge is -2.38. The molecule has 1 aromatic carbocycles. The molecule has 3 aliphatic rings. The third kappa shape index (κ3) is 3.28. The zero-order valence-electron chi connectivity index (χ0n) is 17.8. The number of hydrogen-bond acceptors (Lipinski definition) is 7. The van der Waals surface area contributed by atoms with Crippen LogP contribution in [0.15, 0.2) is 52.0 Å². The number of esters is 1. The van der Waals surface area contributed by atoms with Crippen molar-refractivity contribution < 1.29 is 14.3 Å². The molecule has 5 rings (SSSR count). The lowest BCUT2D eigenvalue weighted by molar-refractivity contribution is -0.116. The van der Waals surface area contributed by atoms with Crippen LogP contribution in [0.5, 0.6) is 0 Å². The predicted molar refractivity (Wildman–Crippen MR) is 123 cm³/mol. The molecule has 0 bridgehead atoms. The first-order chi connectivity index (χ1) is 15.1. The van der Waals surface area contributed by atoms with Crippen molar-refractivity contribution in [3.8, 4) is 0 Å². The Labute approximate surface area is 185 Å². The van der Waals surface area contributed by atoms with E-state index in [1.54, 1.807) is 17.4 Å². The summed E-state index contributed by atoms with van der Waals surface area (Å²) in [5, 5.41) is 2.08. The Balaban J connectivity index is 1.68. The number of carbonyl (C=O) groups is 2. The molecule has 1 unspecified atom stereocenters. The van der Waals surface area contributed by atoms with Gasteiger partial charge in [-0.1, -0.05) is 19.4 Å². The highest BCUT2D eigenvalue weighted by molar-refractivity contribution is 7.09. The average Bonchev–Trinajstić information content (AvgIpc) is 3.40. The van der Waals surface area contributed by atoms with E-state index >= 15 is 0 Å². The van der Waals surface area contributed by atoms with E-state index in [4.69, 9.17) is 9.73 Å². The van der Waals surface area contributed by atoms with E-state index in [0.29, 0.717) is 18.5 Å². The molecule has 1 aliphatic carbocycles. The molecule has 2 aliphatic heterocycles. The van der Waals surface area contributed by atoms with Crippen molar-refractivity contribution in [1.82, 2.24) is 0 Å². The number of guanidine groups is 1. The SMILES string of the molecule is CCCC1C2=C(CCCC2=O)N=C2N(Cc3cccs3)c3ccc(C(=O)OC)cc3N21. The van der Waals surface area contributed by atoms with Crippen molar-refractivity contribution in [3.05, 3.63) is 57.4 Å². The molecule has 31 heavy (non-hydrogen) atoms. The lowest BCUT2D eigenvalue weighted by atomic mass is 9.86. The summed E-state index contributed by atoms with van der Waals surface area (Å²) in [4.78, 5) is 35.9. The molecule has 0 fully saturated rings. The number of aliphatic imine (C=N–C) groups is 1. The third-order valence-corrected chi connectivity index (χ3v) is 7.03. The van der Waals surface area contributed by atoms with Crippen LogP contribution in [-0.2, 0) is 16.1 Å². The predicted octanol–water partition coefficient (Wildman–Crippen LogP) is 4.91. The number of ether oxygens (including phenoxy) is 1. The fourth-order valence-electron chi connectivity index (χ4n) is 4.81. The monoisotopic (exact) mass is 435 g/mol. The van der Waals surface area contributed by atoms with Gasteiger partial charge in [0.15, 0.2) is 5.78 Å². The molecule has 0 spiro atoms. The van der Waals surface area contributed by atoms with Gasteiger partial charge >= 0.3 is 5.97 Å². The Bertz CT molecular complexity index is 1100. The Morgan fingerprint density at radius 1 is 1.26 bits per heavy atom. The number of methoxy groups -OCH3 is 1. The van der Waals surface area contributed by atoms with Gasteiger partial charge in [-0.2, -0.15) is 0 Å². The smallest absolute Gasteiger partial charge is 0.337 e. The molecule has 1 aromatic heterocycles. The zero-order chi connectivity index (χ0) is 21.5. The van der Waals surface area contributed by atoms with Crippen molar-refractivity contribution in [2.24, 2.45) is 4.99 Å². The van der Waals surface area contributed by atoms with Crippen molar-refractivity contribution in [1.29, 1.82) is 0 Å². The number of benzene rings is 1. The summed E-state index contributed by atoms with van der Waals surface area (Å²) in [7, 11) is 1.39. The van der Waals surface area contributed by atoms with E-state index in [1.807, 2.05) is 12.1 Å². The van der Waals surface area contributed by atoms with Crippen LogP contribution in [0.1, 0.15) is 54.3 Å². The van der Waals surface area contributed by atoms with Gasteiger partial charge in [-0.05, 0) is 48.9 Å². The second-order valence-corrected chi connectivity index (χ2v) is 9.12. The van der Waals surface area contributed by atoms with Gasteiger partial charge in [0.1, 0.15) is 0 Å². The van der Waals surface area contributed by atoms with Crippen molar-refractivity contribution in [2.75, 3.05) is 16.9 Å². The number of fused-ring (bicyclic) bond motifs is 3. The maximum absolute atomic E-state index is 12.9. The molecule has 3 heterocycles. The Morgan fingerprint density at radius 2 is 2.13 bits per heavy atom. The molecule has 6 nitrogen and oxygen atoms in total. The average molecular weight is 436 g/mol. The topological polar surface area (TPSA) is 62.2 Å². The first kappa shape index (κ1) is 20.0. The van der Waals surface area contributed by atoms with Gasteiger partial charge in [-0.3, -0.25) is 4.79 Å². The quantitative estimate of drug-likeness (QED) is 0.625. The van der Waals surface area contributed by atoms with Gasteiger partial charge in [0.05, 0.1) is 42.3 Å². The minimum Gasteiger partial charge on any atom is -0.465 e. The zero-order valence-corrected chi connectivity index (χ0v) is 18.6. The highest BCUT2D eigenvalue weighted by Crippen LogP contribution is 2.46. The fourth-order valence-corrected chi connectivity index (χ4v) is 5.50. The Morgan fingerprint density at radius 3 is 2.87 bits per heavy atom. The van der Waals surface area contributed by atoms with Crippen LogP contribution >= 0.6 is 11.3 Å². The first-order valence-corrected chi connectivity index (χ1v) is 11.7. The minimum absolute atomic E-state index is 0.0553. The number of Topliss-reactive ketones (excluding diaryl/α,β-unsaturated/α-hetero) is 1. The standard InChI is InChI=1S/C24H25N3O3S/c1-3-6-19-22-17(8-4-9-21(22)28)25-24-26(14-16-7-5-12-31-16)18-11-10-15(23(29)30-2)13-20(18)27(19)24/h5,7,10-13,19H,3-4,6,8-9,14H2,1-2H3. The molecule has 7 heteroatoms. The number of rotatable bonds is 5. The normalized spacial score (nSPS) is 19.7. The van der Waals surface area contributed by atoms with Gasteiger partial charge < -0.3 is 14.5 Å². The van der Waals surface area contributed by atoms with Crippen molar-refractivity contribution in [2.45, 2.75) is 51.6 Å². The Kier molecular flexibility index (Phi) is 5.14. The Hall–Kier alpha value is -2.93. The van der Waals surface area contributed by atoms with E-state index in [0.717, 1.165) is 54.3 Å².